The highest BCUT2D eigenvalue weighted by Crippen LogP contribution is 2.45. The Morgan fingerprint density at radius 2 is 2.27 bits per heavy atom. The van der Waals surface area contributed by atoms with Crippen molar-refractivity contribution in [2.45, 2.75) is 18.9 Å². The van der Waals surface area contributed by atoms with Crippen LogP contribution >= 0.6 is 11.8 Å². The van der Waals surface area contributed by atoms with Crippen molar-refractivity contribution in [3.8, 4) is 0 Å². The second-order valence-corrected chi connectivity index (χ2v) is 4.75. The van der Waals surface area contributed by atoms with E-state index in [1.165, 1.54) is 12.3 Å². The molecule has 2 aliphatic heterocycles. The van der Waals surface area contributed by atoms with Crippen LogP contribution in [0.1, 0.15) is 13.8 Å². The van der Waals surface area contributed by atoms with Crippen LogP contribution in [-0.4, -0.2) is 35.4 Å². The lowest BCUT2D eigenvalue weighted by molar-refractivity contribution is -0.0249. The lowest BCUT2D eigenvalue weighted by Crippen LogP contribution is -2.41. The molecule has 2 saturated heterocycles. The summed E-state index contributed by atoms with van der Waals surface area (Å²) in [7, 11) is 0. The van der Waals surface area contributed by atoms with Crippen LogP contribution < -0.4 is 0 Å². The standard InChI is InChI=1S/C8H15NOS/c1-7(2)8-9(3-5-10-8)4-6-11-8/h7H,3-6H2,1-2H3/t8-/m1/s1. The van der Waals surface area contributed by atoms with Crippen LogP contribution in [0.3, 0.4) is 0 Å². The summed E-state index contributed by atoms with van der Waals surface area (Å²) in [4.78, 5) is 2.47. The highest BCUT2D eigenvalue weighted by molar-refractivity contribution is 8.00. The summed E-state index contributed by atoms with van der Waals surface area (Å²) in [6, 6.07) is 0. The fraction of sp³-hybridized carbons (Fsp3) is 1.00. The normalized spacial score (nSPS) is 38.5. The van der Waals surface area contributed by atoms with Gasteiger partial charge in [-0.15, -0.1) is 11.8 Å². The van der Waals surface area contributed by atoms with Crippen molar-refractivity contribution in [3.63, 3.8) is 0 Å². The lowest BCUT2D eigenvalue weighted by atomic mass is 10.1. The zero-order chi connectivity index (χ0) is 7.90. The second-order valence-electron chi connectivity index (χ2n) is 3.47. The van der Waals surface area contributed by atoms with Gasteiger partial charge >= 0.3 is 0 Å². The third-order valence-corrected chi connectivity index (χ3v) is 4.16. The second kappa shape index (κ2) is 2.64. The maximum absolute atomic E-state index is 5.81. The minimum atomic E-state index is 0.0556. The van der Waals surface area contributed by atoms with Crippen LogP contribution in [-0.2, 0) is 4.74 Å². The van der Waals surface area contributed by atoms with Crippen LogP contribution in [0.15, 0.2) is 0 Å². The van der Waals surface area contributed by atoms with Crippen molar-refractivity contribution in [2.24, 2.45) is 5.92 Å². The Bertz CT molecular complexity index is 150. The predicted octanol–water partition coefficient (Wildman–Crippen LogP) is 1.38. The monoisotopic (exact) mass is 173 g/mol. The van der Waals surface area contributed by atoms with Gasteiger partial charge in [-0.2, -0.15) is 0 Å². The highest BCUT2D eigenvalue weighted by Gasteiger charge is 2.48. The zero-order valence-corrected chi connectivity index (χ0v) is 7.99. The van der Waals surface area contributed by atoms with E-state index >= 15 is 0 Å². The molecule has 0 amide bonds. The Morgan fingerprint density at radius 3 is 2.91 bits per heavy atom. The molecule has 0 aromatic rings. The molecular weight excluding hydrogens is 158 g/mol. The fourth-order valence-corrected chi connectivity index (χ4v) is 3.42. The van der Waals surface area contributed by atoms with Crippen LogP contribution in [0.5, 0.6) is 0 Å². The van der Waals surface area contributed by atoms with E-state index in [0.29, 0.717) is 5.92 Å². The van der Waals surface area contributed by atoms with Crippen LogP contribution in [0, 0.1) is 5.92 Å². The molecule has 0 bridgehead atoms. The van der Waals surface area contributed by atoms with Gasteiger partial charge in [-0.25, -0.2) is 0 Å². The quantitative estimate of drug-likeness (QED) is 0.594. The molecule has 2 rings (SSSR count). The SMILES string of the molecule is CC(C)[C@]12OCCN1CCS2. The van der Waals surface area contributed by atoms with Gasteiger partial charge in [-0.3, -0.25) is 4.90 Å². The first-order chi connectivity index (χ1) is 5.26. The van der Waals surface area contributed by atoms with Crippen molar-refractivity contribution in [1.82, 2.24) is 4.90 Å². The maximum Gasteiger partial charge on any atom is 0.172 e. The smallest absolute Gasteiger partial charge is 0.172 e. The van der Waals surface area contributed by atoms with E-state index in [4.69, 9.17) is 4.74 Å². The number of ether oxygens (including phenoxy) is 1. The molecule has 2 nitrogen and oxygen atoms in total. The molecule has 11 heavy (non-hydrogen) atoms. The van der Waals surface area contributed by atoms with Gasteiger partial charge in [0.25, 0.3) is 0 Å². The number of rotatable bonds is 1. The Morgan fingerprint density at radius 1 is 1.45 bits per heavy atom. The van der Waals surface area contributed by atoms with Crippen molar-refractivity contribution < 1.29 is 4.74 Å². The van der Waals surface area contributed by atoms with Crippen LogP contribution in [0.25, 0.3) is 0 Å². The topological polar surface area (TPSA) is 12.5 Å². The number of nitrogens with zero attached hydrogens (tertiary/aromatic N) is 1. The molecule has 2 aliphatic rings. The third-order valence-electron chi connectivity index (χ3n) is 2.51. The van der Waals surface area contributed by atoms with E-state index in [9.17, 15) is 0 Å². The molecule has 0 aliphatic carbocycles. The van der Waals surface area contributed by atoms with Crippen molar-refractivity contribution >= 4 is 11.8 Å². The molecule has 0 N–H and O–H groups in total. The van der Waals surface area contributed by atoms with Gasteiger partial charge in [0.15, 0.2) is 5.06 Å². The molecule has 2 heterocycles. The minimum absolute atomic E-state index is 0.0556. The van der Waals surface area contributed by atoms with Crippen LogP contribution in [0.2, 0.25) is 0 Å². The number of hydrogen-bond donors (Lipinski definition) is 0. The van der Waals surface area contributed by atoms with Crippen molar-refractivity contribution in [1.29, 1.82) is 0 Å². The molecule has 0 radical (unpaired) electrons. The molecule has 1 atom stereocenters. The summed E-state index contributed by atoms with van der Waals surface area (Å²) in [5.74, 6) is 1.84. The first-order valence-corrected chi connectivity index (χ1v) is 5.27. The van der Waals surface area contributed by atoms with E-state index in [1.54, 1.807) is 0 Å². The first kappa shape index (κ1) is 7.90. The molecule has 0 aromatic carbocycles. The number of thioether (sulfide) groups is 1. The zero-order valence-electron chi connectivity index (χ0n) is 7.17. The van der Waals surface area contributed by atoms with E-state index < -0.39 is 0 Å². The van der Waals surface area contributed by atoms with Crippen molar-refractivity contribution in [3.05, 3.63) is 0 Å². The highest BCUT2D eigenvalue weighted by atomic mass is 32.2. The summed E-state index contributed by atoms with van der Waals surface area (Å²) < 4.78 is 5.81. The van der Waals surface area contributed by atoms with Gasteiger partial charge in [-0.05, 0) is 0 Å². The summed E-state index contributed by atoms with van der Waals surface area (Å²) in [5.41, 5.74) is 0. The molecule has 0 spiro atoms. The Balaban J connectivity index is 2.20. The summed E-state index contributed by atoms with van der Waals surface area (Å²) >= 11 is 1.97. The lowest BCUT2D eigenvalue weighted by Gasteiger charge is -2.33. The molecule has 3 heteroatoms. The molecule has 64 valence electrons. The molecule has 0 saturated carbocycles. The van der Waals surface area contributed by atoms with Crippen molar-refractivity contribution in [2.75, 3.05) is 25.4 Å². The van der Waals surface area contributed by atoms with Gasteiger partial charge in [0, 0.05) is 24.8 Å². The van der Waals surface area contributed by atoms with Crippen LogP contribution in [0.4, 0.5) is 0 Å². The Hall–Kier alpha value is 0.270. The molecular formula is C8H15NOS. The maximum atomic E-state index is 5.81. The molecule has 0 aromatic heterocycles. The average molecular weight is 173 g/mol. The van der Waals surface area contributed by atoms with E-state index in [2.05, 4.69) is 18.7 Å². The summed E-state index contributed by atoms with van der Waals surface area (Å²) in [6.45, 7) is 7.76. The van der Waals surface area contributed by atoms with E-state index in [-0.39, 0.29) is 5.06 Å². The molecule has 2 fully saturated rings. The Kier molecular flexibility index (Phi) is 1.90. The summed E-state index contributed by atoms with van der Waals surface area (Å²) in [6.07, 6.45) is 0. The predicted molar refractivity (Wildman–Crippen MR) is 47.6 cm³/mol. The van der Waals surface area contributed by atoms with E-state index in [0.717, 1.165) is 13.2 Å². The third kappa shape index (κ3) is 1.02. The van der Waals surface area contributed by atoms with Gasteiger partial charge in [0.05, 0.1) is 6.61 Å². The number of fused-ring (bicyclic) bond motifs is 1. The summed E-state index contributed by atoms with van der Waals surface area (Å²) in [5, 5.41) is 0.0556. The van der Waals surface area contributed by atoms with Gasteiger partial charge in [0.2, 0.25) is 0 Å². The van der Waals surface area contributed by atoms with Gasteiger partial charge in [-0.1, -0.05) is 13.8 Å². The molecule has 0 unspecified atom stereocenters. The fourth-order valence-electron chi connectivity index (χ4n) is 1.95. The van der Waals surface area contributed by atoms with Gasteiger partial charge < -0.3 is 4.74 Å². The average Bonchev–Trinajstić information content (AvgIpc) is 2.40. The van der Waals surface area contributed by atoms with E-state index in [1.807, 2.05) is 11.8 Å². The van der Waals surface area contributed by atoms with Gasteiger partial charge in [0.1, 0.15) is 0 Å². The first-order valence-electron chi connectivity index (χ1n) is 4.29. The largest absolute Gasteiger partial charge is 0.349 e. The number of hydrogen-bond acceptors (Lipinski definition) is 3. The minimum Gasteiger partial charge on any atom is -0.349 e. The Labute approximate surface area is 72.3 Å².